The first kappa shape index (κ1) is 15.8. The lowest BCUT2D eigenvalue weighted by atomic mass is 10.2. The highest BCUT2D eigenvalue weighted by molar-refractivity contribution is 6.36. The summed E-state index contributed by atoms with van der Waals surface area (Å²) in [5, 5.41) is 1.08. The van der Waals surface area contributed by atoms with Gasteiger partial charge in [0.1, 0.15) is 17.4 Å². The van der Waals surface area contributed by atoms with E-state index in [1.54, 1.807) is 18.2 Å². The predicted molar refractivity (Wildman–Crippen MR) is 93.9 cm³/mol. The van der Waals surface area contributed by atoms with Crippen LogP contribution < -0.4 is 4.74 Å². The maximum Gasteiger partial charge on any atom is 0.228 e. The van der Waals surface area contributed by atoms with Crippen LogP contribution in [0, 0.1) is 0 Å². The Morgan fingerprint density at radius 2 is 2.04 bits per heavy atom. The Morgan fingerprint density at radius 1 is 1.12 bits per heavy atom. The zero-order chi connectivity index (χ0) is 16.5. The van der Waals surface area contributed by atoms with E-state index in [0.29, 0.717) is 33.7 Å². The zero-order valence-corrected chi connectivity index (χ0v) is 14.3. The molecule has 6 heteroatoms. The van der Waals surface area contributed by atoms with Gasteiger partial charge in [0, 0.05) is 17.7 Å². The van der Waals surface area contributed by atoms with Crippen LogP contribution in [0.25, 0.3) is 22.6 Å². The van der Waals surface area contributed by atoms with Gasteiger partial charge in [0.2, 0.25) is 5.89 Å². The molecule has 4 rings (SSSR count). The van der Waals surface area contributed by atoms with E-state index in [-0.39, 0.29) is 6.10 Å². The van der Waals surface area contributed by atoms with Gasteiger partial charge in [-0.2, -0.15) is 0 Å². The van der Waals surface area contributed by atoms with Gasteiger partial charge in [0.15, 0.2) is 5.58 Å². The van der Waals surface area contributed by atoms with Crippen LogP contribution in [0.1, 0.15) is 12.8 Å². The van der Waals surface area contributed by atoms with Crippen molar-refractivity contribution >= 4 is 34.3 Å². The summed E-state index contributed by atoms with van der Waals surface area (Å²) in [5.74, 6) is 1.23. The van der Waals surface area contributed by atoms with Crippen LogP contribution in [0.4, 0.5) is 0 Å². The molecule has 0 saturated carbocycles. The molecule has 1 saturated heterocycles. The van der Waals surface area contributed by atoms with E-state index in [2.05, 4.69) is 4.98 Å². The highest BCUT2D eigenvalue weighted by Crippen LogP contribution is 2.33. The van der Waals surface area contributed by atoms with Crippen molar-refractivity contribution < 1.29 is 13.9 Å². The molecule has 1 aromatic heterocycles. The molecule has 0 amide bonds. The number of nitrogens with zero attached hydrogens (tertiary/aromatic N) is 1. The van der Waals surface area contributed by atoms with E-state index >= 15 is 0 Å². The fourth-order valence-corrected chi connectivity index (χ4v) is 3.24. The summed E-state index contributed by atoms with van der Waals surface area (Å²) in [5.41, 5.74) is 2.12. The molecule has 124 valence electrons. The molecule has 2 heterocycles. The summed E-state index contributed by atoms with van der Waals surface area (Å²) in [4.78, 5) is 4.52. The number of hydrogen-bond donors (Lipinski definition) is 0. The van der Waals surface area contributed by atoms with Gasteiger partial charge in [-0.05, 0) is 43.2 Å². The molecule has 1 atom stereocenters. The smallest absolute Gasteiger partial charge is 0.228 e. The van der Waals surface area contributed by atoms with E-state index in [0.717, 1.165) is 30.7 Å². The molecular formula is C18H15Cl2NO3. The van der Waals surface area contributed by atoms with Gasteiger partial charge in [-0.25, -0.2) is 4.98 Å². The van der Waals surface area contributed by atoms with Crippen LogP contribution in [-0.2, 0) is 4.74 Å². The van der Waals surface area contributed by atoms with Crippen molar-refractivity contribution in [2.45, 2.75) is 18.9 Å². The van der Waals surface area contributed by atoms with E-state index in [1.165, 1.54) is 0 Å². The number of aromatic nitrogens is 1. The molecule has 0 radical (unpaired) electrons. The Labute approximate surface area is 149 Å². The van der Waals surface area contributed by atoms with E-state index in [9.17, 15) is 0 Å². The SMILES string of the molecule is Clc1ccc(-c2nc3cc(O[C@H]4CCCOC4)ccc3o2)c(Cl)c1. The van der Waals surface area contributed by atoms with Crippen LogP contribution in [0.2, 0.25) is 10.0 Å². The second kappa shape index (κ2) is 6.63. The van der Waals surface area contributed by atoms with E-state index < -0.39 is 0 Å². The van der Waals surface area contributed by atoms with Crippen LogP contribution >= 0.6 is 23.2 Å². The lowest BCUT2D eigenvalue weighted by Gasteiger charge is -2.23. The Bertz CT molecular complexity index is 872. The predicted octanol–water partition coefficient (Wildman–Crippen LogP) is 5.36. The van der Waals surface area contributed by atoms with Gasteiger partial charge < -0.3 is 13.9 Å². The number of rotatable bonds is 3. The third-order valence-electron chi connectivity index (χ3n) is 3.94. The Morgan fingerprint density at radius 3 is 2.83 bits per heavy atom. The molecule has 1 aliphatic heterocycles. The number of ether oxygens (including phenoxy) is 2. The molecular weight excluding hydrogens is 349 g/mol. The van der Waals surface area contributed by atoms with Crippen molar-refractivity contribution in [2.24, 2.45) is 0 Å². The third-order valence-corrected chi connectivity index (χ3v) is 4.49. The normalized spacial score (nSPS) is 18.0. The average molecular weight is 364 g/mol. The summed E-state index contributed by atoms with van der Waals surface area (Å²) >= 11 is 12.2. The van der Waals surface area contributed by atoms with Crippen molar-refractivity contribution in [3.63, 3.8) is 0 Å². The minimum absolute atomic E-state index is 0.0910. The Kier molecular flexibility index (Phi) is 4.35. The lowest BCUT2D eigenvalue weighted by Crippen LogP contribution is -2.27. The van der Waals surface area contributed by atoms with Crippen LogP contribution in [-0.4, -0.2) is 24.3 Å². The first-order valence-electron chi connectivity index (χ1n) is 7.79. The fourth-order valence-electron chi connectivity index (χ4n) is 2.76. The molecule has 0 spiro atoms. The van der Waals surface area contributed by atoms with Gasteiger partial charge in [-0.15, -0.1) is 0 Å². The fraction of sp³-hybridized carbons (Fsp3) is 0.278. The topological polar surface area (TPSA) is 44.5 Å². The standard InChI is InChI=1S/C18H15Cl2NO3/c19-11-3-5-14(15(20)8-11)18-21-16-9-12(4-6-17(16)24-18)23-13-2-1-7-22-10-13/h3-6,8-9,13H,1-2,7,10H2/t13-/m0/s1. The molecule has 4 nitrogen and oxygen atoms in total. The quantitative estimate of drug-likeness (QED) is 0.628. The van der Waals surface area contributed by atoms with Crippen LogP contribution in [0.3, 0.4) is 0 Å². The monoisotopic (exact) mass is 363 g/mol. The molecule has 2 aromatic carbocycles. The highest BCUT2D eigenvalue weighted by atomic mass is 35.5. The number of halogens is 2. The Balaban J connectivity index is 1.63. The van der Waals surface area contributed by atoms with Crippen LogP contribution in [0.5, 0.6) is 5.75 Å². The summed E-state index contributed by atoms with van der Waals surface area (Å²) in [6, 6.07) is 10.8. The maximum absolute atomic E-state index is 6.23. The minimum Gasteiger partial charge on any atom is -0.488 e. The molecule has 1 aliphatic rings. The summed E-state index contributed by atoms with van der Waals surface area (Å²) in [7, 11) is 0. The summed E-state index contributed by atoms with van der Waals surface area (Å²) in [6.07, 6.45) is 2.12. The molecule has 3 aromatic rings. The zero-order valence-electron chi connectivity index (χ0n) is 12.8. The van der Waals surface area contributed by atoms with Crippen molar-refractivity contribution in [3.8, 4) is 17.2 Å². The first-order chi connectivity index (χ1) is 11.7. The van der Waals surface area contributed by atoms with Gasteiger partial charge >= 0.3 is 0 Å². The highest BCUT2D eigenvalue weighted by Gasteiger charge is 2.17. The summed E-state index contributed by atoms with van der Waals surface area (Å²) < 4.78 is 17.2. The van der Waals surface area contributed by atoms with Gasteiger partial charge in [-0.1, -0.05) is 23.2 Å². The Hall–Kier alpha value is -1.75. The van der Waals surface area contributed by atoms with E-state index in [1.807, 2.05) is 18.2 Å². The molecule has 1 fully saturated rings. The second-order valence-corrected chi connectivity index (χ2v) is 6.57. The third kappa shape index (κ3) is 3.22. The van der Waals surface area contributed by atoms with E-state index in [4.69, 9.17) is 37.1 Å². The summed E-state index contributed by atoms with van der Waals surface area (Å²) in [6.45, 7) is 1.44. The average Bonchev–Trinajstić information content (AvgIpc) is 2.98. The van der Waals surface area contributed by atoms with Crippen molar-refractivity contribution in [2.75, 3.05) is 13.2 Å². The largest absolute Gasteiger partial charge is 0.488 e. The lowest BCUT2D eigenvalue weighted by molar-refractivity contribution is 0.00748. The molecule has 0 aliphatic carbocycles. The molecule has 0 N–H and O–H groups in total. The maximum atomic E-state index is 6.23. The molecule has 24 heavy (non-hydrogen) atoms. The van der Waals surface area contributed by atoms with Gasteiger partial charge in [0.25, 0.3) is 0 Å². The molecule has 0 unspecified atom stereocenters. The number of hydrogen-bond acceptors (Lipinski definition) is 4. The van der Waals surface area contributed by atoms with Gasteiger partial charge in [-0.3, -0.25) is 0 Å². The number of fused-ring (bicyclic) bond motifs is 1. The minimum atomic E-state index is 0.0910. The van der Waals surface area contributed by atoms with Crippen molar-refractivity contribution in [3.05, 3.63) is 46.4 Å². The first-order valence-corrected chi connectivity index (χ1v) is 8.55. The van der Waals surface area contributed by atoms with Gasteiger partial charge in [0.05, 0.1) is 17.2 Å². The van der Waals surface area contributed by atoms with Crippen molar-refractivity contribution in [1.82, 2.24) is 4.98 Å². The number of benzene rings is 2. The second-order valence-electron chi connectivity index (χ2n) is 5.73. The molecule has 0 bridgehead atoms. The van der Waals surface area contributed by atoms with Crippen molar-refractivity contribution in [1.29, 1.82) is 0 Å². The van der Waals surface area contributed by atoms with Crippen LogP contribution in [0.15, 0.2) is 40.8 Å². The number of oxazole rings is 1.